The molecule has 2 fully saturated rings. The van der Waals surface area contributed by atoms with Crippen molar-refractivity contribution < 1.29 is 4.79 Å². The van der Waals surface area contributed by atoms with Gasteiger partial charge in [-0.25, -0.2) is 0 Å². The first kappa shape index (κ1) is 16.4. The van der Waals surface area contributed by atoms with E-state index in [1.807, 2.05) is 15.8 Å². The molecular formula is C19H27N5O. The van der Waals surface area contributed by atoms with Crippen LogP contribution in [0.3, 0.4) is 0 Å². The van der Waals surface area contributed by atoms with E-state index in [2.05, 4.69) is 28.4 Å². The van der Waals surface area contributed by atoms with Crippen LogP contribution < -0.4 is 0 Å². The normalized spacial score (nSPS) is 22.3. The van der Waals surface area contributed by atoms with Gasteiger partial charge in [0.25, 0.3) is 5.91 Å². The van der Waals surface area contributed by atoms with Gasteiger partial charge >= 0.3 is 0 Å². The molecule has 6 nitrogen and oxygen atoms in total. The Morgan fingerprint density at radius 2 is 2.00 bits per heavy atom. The smallest absolute Gasteiger partial charge is 0.257 e. The van der Waals surface area contributed by atoms with Crippen LogP contribution in [0, 0.1) is 6.92 Å². The van der Waals surface area contributed by atoms with Crippen molar-refractivity contribution in [1.29, 1.82) is 0 Å². The number of nitrogens with zero attached hydrogens (tertiary/aromatic N) is 4. The SMILES string of the molecule is Cc1cnn(C2CCCN(C(=O)c3cn[nH]c3C3CCCCC3)C2)c1. The fourth-order valence-electron chi connectivity index (χ4n) is 4.33. The van der Waals surface area contributed by atoms with E-state index < -0.39 is 0 Å². The molecule has 0 radical (unpaired) electrons. The Hall–Kier alpha value is -2.11. The van der Waals surface area contributed by atoms with Crippen molar-refractivity contribution in [3.63, 3.8) is 0 Å². The number of amides is 1. The van der Waals surface area contributed by atoms with E-state index in [-0.39, 0.29) is 11.9 Å². The molecule has 0 spiro atoms. The minimum absolute atomic E-state index is 0.128. The maximum absolute atomic E-state index is 13.1. The summed E-state index contributed by atoms with van der Waals surface area (Å²) in [6, 6.07) is 0.274. The second-order valence-electron chi connectivity index (χ2n) is 7.58. The van der Waals surface area contributed by atoms with Crippen LogP contribution in [0.5, 0.6) is 0 Å². The third-order valence-electron chi connectivity index (χ3n) is 5.70. The predicted molar refractivity (Wildman–Crippen MR) is 95.6 cm³/mol. The third kappa shape index (κ3) is 3.34. The Balaban J connectivity index is 1.50. The lowest BCUT2D eigenvalue weighted by molar-refractivity contribution is 0.0671. The van der Waals surface area contributed by atoms with Gasteiger partial charge < -0.3 is 4.90 Å². The zero-order chi connectivity index (χ0) is 17.2. The highest BCUT2D eigenvalue weighted by Crippen LogP contribution is 2.34. The third-order valence-corrected chi connectivity index (χ3v) is 5.70. The first-order chi connectivity index (χ1) is 12.2. The average Bonchev–Trinajstić information content (AvgIpc) is 3.31. The zero-order valence-corrected chi connectivity index (χ0v) is 14.9. The van der Waals surface area contributed by atoms with Gasteiger partial charge in [-0.2, -0.15) is 10.2 Å². The number of nitrogens with one attached hydrogen (secondary N) is 1. The highest BCUT2D eigenvalue weighted by molar-refractivity contribution is 5.95. The summed E-state index contributed by atoms with van der Waals surface area (Å²) < 4.78 is 2.02. The molecule has 1 amide bonds. The number of aromatic amines is 1. The highest BCUT2D eigenvalue weighted by Gasteiger charge is 2.30. The Bertz CT molecular complexity index is 728. The first-order valence-electron chi connectivity index (χ1n) is 9.55. The van der Waals surface area contributed by atoms with Gasteiger partial charge in [0.2, 0.25) is 0 Å². The van der Waals surface area contributed by atoms with Crippen molar-refractivity contribution in [3.05, 3.63) is 35.4 Å². The average molecular weight is 341 g/mol. The molecule has 1 aliphatic heterocycles. The number of piperidine rings is 1. The molecule has 1 saturated heterocycles. The molecule has 2 aliphatic rings. The number of carbonyl (C=O) groups is 1. The van der Waals surface area contributed by atoms with Crippen LogP contribution in [0.1, 0.15) is 78.5 Å². The number of carbonyl (C=O) groups excluding carboxylic acids is 1. The molecular weight excluding hydrogens is 314 g/mol. The van der Waals surface area contributed by atoms with E-state index in [1.165, 1.54) is 19.3 Å². The Morgan fingerprint density at radius 3 is 2.76 bits per heavy atom. The summed E-state index contributed by atoms with van der Waals surface area (Å²) in [4.78, 5) is 15.1. The molecule has 134 valence electrons. The summed E-state index contributed by atoms with van der Waals surface area (Å²) in [5.74, 6) is 0.590. The number of likely N-dealkylation sites (tertiary alicyclic amines) is 1. The van der Waals surface area contributed by atoms with Gasteiger partial charge in [0, 0.05) is 25.2 Å². The van der Waals surface area contributed by atoms with Gasteiger partial charge in [-0.15, -0.1) is 0 Å². The fourth-order valence-corrected chi connectivity index (χ4v) is 4.33. The lowest BCUT2D eigenvalue weighted by Gasteiger charge is -2.33. The number of aromatic nitrogens is 4. The van der Waals surface area contributed by atoms with Crippen LogP contribution in [0.25, 0.3) is 0 Å². The molecule has 0 aromatic carbocycles. The molecule has 3 heterocycles. The zero-order valence-electron chi connectivity index (χ0n) is 14.9. The molecule has 4 rings (SSSR count). The minimum atomic E-state index is 0.128. The largest absolute Gasteiger partial charge is 0.336 e. The van der Waals surface area contributed by atoms with E-state index in [9.17, 15) is 4.79 Å². The summed E-state index contributed by atoms with van der Waals surface area (Å²) in [5, 5.41) is 11.8. The molecule has 0 bridgehead atoms. The number of aryl methyl sites for hydroxylation is 1. The molecule has 1 aliphatic carbocycles. The summed E-state index contributed by atoms with van der Waals surface area (Å²) in [6.07, 6.45) is 13.9. The lowest BCUT2D eigenvalue weighted by Crippen LogP contribution is -2.41. The molecule has 1 atom stereocenters. The van der Waals surface area contributed by atoms with Gasteiger partial charge in [-0.3, -0.25) is 14.6 Å². The number of rotatable bonds is 3. The molecule has 25 heavy (non-hydrogen) atoms. The molecule has 1 saturated carbocycles. The number of H-pyrrole nitrogens is 1. The van der Waals surface area contributed by atoms with Crippen LogP contribution in [-0.2, 0) is 0 Å². The first-order valence-corrected chi connectivity index (χ1v) is 9.55. The van der Waals surface area contributed by atoms with Gasteiger partial charge in [0.1, 0.15) is 0 Å². The van der Waals surface area contributed by atoms with Crippen LogP contribution in [0.2, 0.25) is 0 Å². The van der Waals surface area contributed by atoms with E-state index >= 15 is 0 Å². The van der Waals surface area contributed by atoms with Gasteiger partial charge in [0.05, 0.1) is 29.7 Å². The summed E-state index contributed by atoms with van der Waals surface area (Å²) in [6.45, 7) is 3.61. The van der Waals surface area contributed by atoms with Crippen molar-refractivity contribution in [2.45, 2.75) is 63.8 Å². The van der Waals surface area contributed by atoms with Crippen molar-refractivity contribution in [3.8, 4) is 0 Å². The minimum Gasteiger partial charge on any atom is -0.336 e. The Labute approximate surface area is 148 Å². The van der Waals surface area contributed by atoms with Crippen LogP contribution >= 0.6 is 0 Å². The second-order valence-corrected chi connectivity index (χ2v) is 7.58. The monoisotopic (exact) mass is 341 g/mol. The molecule has 2 aromatic heterocycles. The standard InChI is InChI=1S/C19H27N5O/c1-14-10-21-24(12-14)16-8-5-9-23(13-16)19(25)17-11-20-22-18(17)15-6-3-2-4-7-15/h10-12,15-16H,2-9,13H2,1H3,(H,20,22). The van der Waals surface area contributed by atoms with Crippen molar-refractivity contribution in [2.75, 3.05) is 13.1 Å². The fraction of sp³-hybridized carbons (Fsp3) is 0.632. The molecule has 1 N–H and O–H groups in total. The van der Waals surface area contributed by atoms with Gasteiger partial charge in [-0.05, 0) is 38.2 Å². The Morgan fingerprint density at radius 1 is 1.16 bits per heavy atom. The molecule has 2 aromatic rings. The van der Waals surface area contributed by atoms with Gasteiger partial charge in [-0.1, -0.05) is 19.3 Å². The molecule has 6 heteroatoms. The van der Waals surface area contributed by atoms with Crippen LogP contribution in [-0.4, -0.2) is 43.9 Å². The second kappa shape index (κ2) is 7.02. The quantitative estimate of drug-likeness (QED) is 0.930. The predicted octanol–water partition coefficient (Wildman–Crippen LogP) is 3.44. The maximum Gasteiger partial charge on any atom is 0.257 e. The van der Waals surface area contributed by atoms with Crippen LogP contribution in [0.4, 0.5) is 0 Å². The van der Waals surface area contributed by atoms with E-state index in [0.717, 1.165) is 55.6 Å². The summed E-state index contributed by atoms with van der Waals surface area (Å²) >= 11 is 0. The topological polar surface area (TPSA) is 66.8 Å². The van der Waals surface area contributed by atoms with Crippen molar-refractivity contribution in [2.24, 2.45) is 0 Å². The van der Waals surface area contributed by atoms with Crippen molar-refractivity contribution >= 4 is 5.91 Å². The van der Waals surface area contributed by atoms with Crippen LogP contribution in [0.15, 0.2) is 18.6 Å². The molecule has 1 unspecified atom stereocenters. The van der Waals surface area contributed by atoms with E-state index in [0.29, 0.717) is 5.92 Å². The maximum atomic E-state index is 13.1. The van der Waals surface area contributed by atoms with Gasteiger partial charge in [0.15, 0.2) is 0 Å². The van der Waals surface area contributed by atoms with Crippen molar-refractivity contribution in [1.82, 2.24) is 24.9 Å². The summed E-state index contributed by atoms with van der Waals surface area (Å²) in [7, 11) is 0. The Kier molecular flexibility index (Phi) is 4.59. The summed E-state index contributed by atoms with van der Waals surface area (Å²) in [5.41, 5.74) is 3.00. The van der Waals surface area contributed by atoms with E-state index in [4.69, 9.17) is 0 Å². The lowest BCUT2D eigenvalue weighted by atomic mass is 9.85. The highest BCUT2D eigenvalue weighted by atomic mass is 16.2. The number of hydrogen-bond acceptors (Lipinski definition) is 3. The van der Waals surface area contributed by atoms with E-state index in [1.54, 1.807) is 6.20 Å². The number of hydrogen-bond donors (Lipinski definition) is 1.